The molecule has 1 N–H and O–H groups in total. The maximum absolute atomic E-state index is 5.68. The summed E-state index contributed by atoms with van der Waals surface area (Å²) in [6.45, 7) is 8.15. The standard InChI is InChI=1S/C17H23N3O/c1-6-15-19-16(12(4)17(18-5)20-15)13-7-9-14(10-8-13)21-11(2)3/h7-11H,6H2,1-5H3,(H,18,19,20). The van der Waals surface area contributed by atoms with Crippen LogP contribution in [0.3, 0.4) is 0 Å². The number of aryl methyl sites for hydroxylation is 1. The Labute approximate surface area is 126 Å². The summed E-state index contributed by atoms with van der Waals surface area (Å²) in [5, 5.41) is 3.14. The van der Waals surface area contributed by atoms with Crippen LogP contribution in [0.5, 0.6) is 5.75 Å². The first-order valence-corrected chi connectivity index (χ1v) is 7.37. The van der Waals surface area contributed by atoms with Crippen molar-refractivity contribution in [3.63, 3.8) is 0 Å². The zero-order chi connectivity index (χ0) is 15.4. The Hall–Kier alpha value is -2.10. The highest BCUT2D eigenvalue weighted by Crippen LogP contribution is 2.27. The molecule has 0 unspecified atom stereocenters. The number of rotatable bonds is 5. The van der Waals surface area contributed by atoms with Gasteiger partial charge in [-0.25, -0.2) is 9.97 Å². The Balaban J connectivity index is 2.41. The molecule has 0 aliphatic carbocycles. The zero-order valence-corrected chi connectivity index (χ0v) is 13.4. The van der Waals surface area contributed by atoms with E-state index in [4.69, 9.17) is 4.74 Å². The fourth-order valence-corrected chi connectivity index (χ4v) is 2.21. The average molecular weight is 285 g/mol. The largest absolute Gasteiger partial charge is 0.491 e. The summed E-state index contributed by atoms with van der Waals surface area (Å²) < 4.78 is 5.68. The highest BCUT2D eigenvalue weighted by Gasteiger charge is 2.11. The average Bonchev–Trinajstić information content (AvgIpc) is 2.48. The fourth-order valence-electron chi connectivity index (χ4n) is 2.21. The molecule has 0 aliphatic heterocycles. The minimum Gasteiger partial charge on any atom is -0.491 e. The molecule has 21 heavy (non-hydrogen) atoms. The summed E-state index contributed by atoms with van der Waals surface area (Å²) >= 11 is 0. The van der Waals surface area contributed by atoms with Crippen LogP contribution in [-0.2, 0) is 6.42 Å². The first-order valence-electron chi connectivity index (χ1n) is 7.37. The second-order valence-electron chi connectivity index (χ2n) is 5.26. The van der Waals surface area contributed by atoms with Gasteiger partial charge in [-0.15, -0.1) is 0 Å². The fraction of sp³-hybridized carbons (Fsp3) is 0.412. The number of benzene rings is 1. The topological polar surface area (TPSA) is 47.0 Å². The van der Waals surface area contributed by atoms with Gasteiger partial charge in [-0.2, -0.15) is 0 Å². The molecule has 1 aromatic heterocycles. The molecule has 2 rings (SSSR count). The Bertz CT molecular complexity index is 606. The Morgan fingerprint density at radius 3 is 2.33 bits per heavy atom. The maximum atomic E-state index is 5.68. The smallest absolute Gasteiger partial charge is 0.132 e. The van der Waals surface area contributed by atoms with Crippen molar-refractivity contribution >= 4 is 5.82 Å². The van der Waals surface area contributed by atoms with Gasteiger partial charge in [0.1, 0.15) is 17.4 Å². The minimum atomic E-state index is 0.180. The molecule has 0 saturated carbocycles. The van der Waals surface area contributed by atoms with Crippen LogP contribution >= 0.6 is 0 Å². The lowest BCUT2D eigenvalue weighted by Gasteiger charge is -2.13. The molecule has 0 fully saturated rings. The van der Waals surface area contributed by atoms with Crippen LogP contribution in [0, 0.1) is 6.92 Å². The lowest BCUT2D eigenvalue weighted by molar-refractivity contribution is 0.242. The molecule has 112 valence electrons. The van der Waals surface area contributed by atoms with E-state index in [1.54, 1.807) is 0 Å². The number of nitrogens with zero attached hydrogens (tertiary/aromatic N) is 2. The SMILES string of the molecule is CCc1nc(NC)c(C)c(-c2ccc(OC(C)C)cc2)n1. The summed E-state index contributed by atoms with van der Waals surface area (Å²) in [6.07, 6.45) is 0.996. The van der Waals surface area contributed by atoms with Crippen LogP contribution in [-0.4, -0.2) is 23.1 Å². The van der Waals surface area contributed by atoms with Crippen molar-refractivity contribution in [2.24, 2.45) is 0 Å². The summed E-state index contributed by atoms with van der Waals surface area (Å²) in [4.78, 5) is 9.17. The van der Waals surface area contributed by atoms with E-state index in [0.717, 1.165) is 40.6 Å². The van der Waals surface area contributed by atoms with Crippen LogP contribution < -0.4 is 10.1 Å². The van der Waals surface area contributed by atoms with Gasteiger partial charge in [-0.1, -0.05) is 6.92 Å². The first kappa shape index (κ1) is 15.3. The van der Waals surface area contributed by atoms with E-state index in [2.05, 4.69) is 22.2 Å². The second kappa shape index (κ2) is 6.57. The number of ether oxygens (including phenoxy) is 1. The third-order valence-electron chi connectivity index (χ3n) is 3.24. The van der Waals surface area contributed by atoms with Gasteiger partial charge in [-0.05, 0) is 45.0 Å². The van der Waals surface area contributed by atoms with Gasteiger partial charge in [0.25, 0.3) is 0 Å². The lowest BCUT2D eigenvalue weighted by atomic mass is 10.1. The Morgan fingerprint density at radius 1 is 1.14 bits per heavy atom. The van der Waals surface area contributed by atoms with Gasteiger partial charge < -0.3 is 10.1 Å². The van der Waals surface area contributed by atoms with Crippen LogP contribution in [0.2, 0.25) is 0 Å². The predicted octanol–water partition coefficient (Wildman–Crippen LogP) is 3.84. The molecule has 0 radical (unpaired) electrons. The van der Waals surface area contributed by atoms with E-state index in [9.17, 15) is 0 Å². The maximum Gasteiger partial charge on any atom is 0.132 e. The molecule has 0 atom stereocenters. The summed E-state index contributed by atoms with van der Waals surface area (Å²) in [7, 11) is 1.89. The number of hydrogen-bond donors (Lipinski definition) is 1. The van der Waals surface area contributed by atoms with E-state index in [1.165, 1.54) is 0 Å². The molecular weight excluding hydrogens is 262 g/mol. The van der Waals surface area contributed by atoms with Gasteiger partial charge >= 0.3 is 0 Å². The van der Waals surface area contributed by atoms with Gasteiger partial charge in [0.15, 0.2) is 0 Å². The molecule has 0 spiro atoms. The zero-order valence-electron chi connectivity index (χ0n) is 13.4. The van der Waals surface area contributed by atoms with Crippen molar-refractivity contribution in [3.8, 4) is 17.0 Å². The first-order chi connectivity index (χ1) is 10.0. The third-order valence-corrected chi connectivity index (χ3v) is 3.24. The molecule has 1 heterocycles. The quantitative estimate of drug-likeness (QED) is 0.906. The van der Waals surface area contributed by atoms with Crippen molar-refractivity contribution in [1.82, 2.24) is 9.97 Å². The molecule has 0 amide bonds. The normalized spacial score (nSPS) is 10.8. The highest BCUT2D eigenvalue weighted by atomic mass is 16.5. The monoisotopic (exact) mass is 285 g/mol. The second-order valence-corrected chi connectivity index (χ2v) is 5.26. The molecular formula is C17H23N3O. The number of aromatic nitrogens is 2. The van der Waals surface area contributed by atoms with Gasteiger partial charge in [0.2, 0.25) is 0 Å². The van der Waals surface area contributed by atoms with E-state index in [0.29, 0.717) is 0 Å². The van der Waals surface area contributed by atoms with Gasteiger partial charge in [-0.3, -0.25) is 0 Å². The van der Waals surface area contributed by atoms with Crippen LogP contribution in [0.1, 0.15) is 32.2 Å². The van der Waals surface area contributed by atoms with Crippen molar-refractivity contribution in [2.75, 3.05) is 12.4 Å². The van der Waals surface area contributed by atoms with E-state index < -0.39 is 0 Å². The van der Waals surface area contributed by atoms with Crippen molar-refractivity contribution in [1.29, 1.82) is 0 Å². The molecule has 1 aromatic carbocycles. The van der Waals surface area contributed by atoms with Gasteiger partial charge in [0.05, 0.1) is 11.8 Å². The van der Waals surface area contributed by atoms with E-state index in [1.807, 2.05) is 52.1 Å². The minimum absolute atomic E-state index is 0.180. The van der Waals surface area contributed by atoms with Crippen LogP contribution in [0.15, 0.2) is 24.3 Å². The highest BCUT2D eigenvalue weighted by molar-refractivity contribution is 5.68. The van der Waals surface area contributed by atoms with Gasteiger partial charge in [0, 0.05) is 24.6 Å². The summed E-state index contributed by atoms with van der Waals surface area (Å²) in [5.74, 6) is 2.62. The summed E-state index contributed by atoms with van der Waals surface area (Å²) in [5.41, 5.74) is 3.12. The third kappa shape index (κ3) is 3.51. The predicted molar refractivity (Wildman–Crippen MR) is 86.9 cm³/mol. The van der Waals surface area contributed by atoms with Crippen molar-refractivity contribution < 1.29 is 4.74 Å². The van der Waals surface area contributed by atoms with Crippen LogP contribution in [0.25, 0.3) is 11.3 Å². The van der Waals surface area contributed by atoms with Crippen LogP contribution in [0.4, 0.5) is 5.82 Å². The number of hydrogen-bond acceptors (Lipinski definition) is 4. The van der Waals surface area contributed by atoms with E-state index in [-0.39, 0.29) is 6.10 Å². The molecule has 0 saturated heterocycles. The Morgan fingerprint density at radius 2 is 1.81 bits per heavy atom. The number of nitrogens with one attached hydrogen (secondary N) is 1. The summed E-state index contributed by atoms with van der Waals surface area (Å²) in [6, 6.07) is 8.07. The Kier molecular flexibility index (Phi) is 4.78. The molecule has 4 heteroatoms. The van der Waals surface area contributed by atoms with E-state index >= 15 is 0 Å². The molecule has 0 aliphatic rings. The van der Waals surface area contributed by atoms with Crippen molar-refractivity contribution in [3.05, 3.63) is 35.7 Å². The molecule has 0 bridgehead atoms. The molecule has 4 nitrogen and oxygen atoms in total. The van der Waals surface area contributed by atoms with Crippen molar-refractivity contribution in [2.45, 2.75) is 40.2 Å². The number of anilines is 1. The molecule has 2 aromatic rings. The lowest BCUT2D eigenvalue weighted by Crippen LogP contribution is -2.06.